The van der Waals surface area contributed by atoms with Crippen LogP contribution >= 0.6 is 0 Å². The third-order valence-corrected chi connectivity index (χ3v) is 1.80. The SMILES string of the molecule is COc1ccccc1CC(N)=O.O=C(O)C(F)(F)F. The number of amides is 1. The van der Waals surface area contributed by atoms with Crippen molar-refractivity contribution in [2.45, 2.75) is 12.6 Å². The van der Waals surface area contributed by atoms with Crippen molar-refractivity contribution in [3.8, 4) is 5.75 Å². The molecule has 0 spiro atoms. The highest BCUT2D eigenvalue weighted by molar-refractivity contribution is 5.77. The number of carboxylic acid groups (broad SMARTS) is 1. The summed E-state index contributed by atoms with van der Waals surface area (Å²) in [6, 6.07) is 7.33. The number of para-hydroxylation sites is 1. The molecule has 5 nitrogen and oxygen atoms in total. The number of rotatable bonds is 3. The summed E-state index contributed by atoms with van der Waals surface area (Å²) >= 11 is 0. The fraction of sp³-hybridized carbons (Fsp3) is 0.273. The fourth-order valence-electron chi connectivity index (χ4n) is 1.04. The zero-order chi connectivity index (χ0) is 15.1. The molecule has 0 fully saturated rings. The highest BCUT2D eigenvalue weighted by Gasteiger charge is 2.38. The third-order valence-electron chi connectivity index (χ3n) is 1.80. The predicted octanol–water partition coefficient (Wildman–Crippen LogP) is 1.36. The number of benzene rings is 1. The van der Waals surface area contributed by atoms with Crippen molar-refractivity contribution >= 4 is 11.9 Å². The van der Waals surface area contributed by atoms with Gasteiger partial charge in [0.2, 0.25) is 5.91 Å². The van der Waals surface area contributed by atoms with E-state index in [9.17, 15) is 18.0 Å². The maximum absolute atomic E-state index is 10.6. The second kappa shape index (κ2) is 7.24. The first-order valence-electron chi connectivity index (χ1n) is 4.88. The predicted molar refractivity (Wildman–Crippen MR) is 59.6 cm³/mol. The second-order valence-electron chi connectivity index (χ2n) is 3.26. The van der Waals surface area contributed by atoms with Crippen molar-refractivity contribution in [3.05, 3.63) is 29.8 Å². The molecule has 0 unspecified atom stereocenters. The Balaban J connectivity index is 0.000000399. The maximum atomic E-state index is 10.6. The van der Waals surface area contributed by atoms with E-state index in [1.165, 1.54) is 0 Å². The summed E-state index contributed by atoms with van der Waals surface area (Å²) in [4.78, 5) is 19.5. The first-order chi connectivity index (χ1) is 8.68. The van der Waals surface area contributed by atoms with Gasteiger partial charge in [-0.15, -0.1) is 0 Å². The number of alkyl halides is 3. The molecule has 0 aromatic heterocycles. The molecule has 1 amide bonds. The number of hydrogen-bond donors (Lipinski definition) is 2. The number of aliphatic carboxylic acids is 1. The van der Waals surface area contributed by atoms with Gasteiger partial charge in [-0.25, -0.2) is 4.79 Å². The largest absolute Gasteiger partial charge is 0.496 e. The Bertz CT molecular complexity index is 446. The molecule has 106 valence electrons. The van der Waals surface area contributed by atoms with Crippen LogP contribution in [-0.4, -0.2) is 30.3 Å². The maximum Gasteiger partial charge on any atom is 0.490 e. The minimum Gasteiger partial charge on any atom is -0.496 e. The zero-order valence-electron chi connectivity index (χ0n) is 9.90. The Labute approximate surface area is 106 Å². The minimum absolute atomic E-state index is 0.226. The average molecular weight is 279 g/mol. The fourth-order valence-corrected chi connectivity index (χ4v) is 1.04. The molecule has 0 aliphatic carbocycles. The van der Waals surface area contributed by atoms with Gasteiger partial charge in [-0.2, -0.15) is 13.2 Å². The number of ether oxygens (including phenoxy) is 1. The Kier molecular flexibility index (Phi) is 6.39. The monoisotopic (exact) mass is 279 g/mol. The molecule has 1 aromatic carbocycles. The summed E-state index contributed by atoms with van der Waals surface area (Å²) in [5.41, 5.74) is 5.88. The van der Waals surface area contributed by atoms with Gasteiger partial charge in [-0.3, -0.25) is 4.79 Å². The van der Waals surface area contributed by atoms with Crippen LogP contribution in [0.4, 0.5) is 13.2 Å². The topological polar surface area (TPSA) is 89.6 Å². The molecule has 1 rings (SSSR count). The average Bonchev–Trinajstić information content (AvgIpc) is 2.28. The summed E-state index contributed by atoms with van der Waals surface area (Å²) < 4.78 is 36.8. The molecular formula is C11H12F3NO4. The number of carboxylic acids is 1. The Hall–Kier alpha value is -2.25. The van der Waals surface area contributed by atoms with Crippen molar-refractivity contribution in [3.63, 3.8) is 0 Å². The van der Waals surface area contributed by atoms with Gasteiger partial charge in [0.15, 0.2) is 0 Å². The van der Waals surface area contributed by atoms with Crippen molar-refractivity contribution in [1.29, 1.82) is 0 Å². The molecule has 8 heteroatoms. The van der Waals surface area contributed by atoms with Gasteiger partial charge in [0, 0.05) is 5.56 Å². The van der Waals surface area contributed by atoms with E-state index in [0.717, 1.165) is 5.56 Å². The first kappa shape index (κ1) is 16.8. The van der Waals surface area contributed by atoms with Crippen molar-refractivity contribution in [2.24, 2.45) is 5.73 Å². The van der Waals surface area contributed by atoms with Gasteiger partial charge >= 0.3 is 12.1 Å². The first-order valence-corrected chi connectivity index (χ1v) is 4.88. The molecular weight excluding hydrogens is 267 g/mol. The van der Waals surface area contributed by atoms with Crippen LogP contribution in [0.1, 0.15) is 5.56 Å². The molecule has 0 atom stereocenters. The number of hydrogen-bond acceptors (Lipinski definition) is 3. The lowest BCUT2D eigenvalue weighted by molar-refractivity contribution is -0.192. The second-order valence-corrected chi connectivity index (χ2v) is 3.26. The van der Waals surface area contributed by atoms with E-state index in [1.807, 2.05) is 18.2 Å². The molecule has 0 heterocycles. The number of nitrogens with two attached hydrogens (primary N) is 1. The lowest BCUT2D eigenvalue weighted by Gasteiger charge is -2.04. The van der Waals surface area contributed by atoms with Crippen LogP contribution in [0.2, 0.25) is 0 Å². The highest BCUT2D eigenvalue weighted by Crippen LogP contribution is 2.17. The van der Waals surface area contributed by atoms with Crippen LogP contribution in [0.3, 0.4) is 0 Å². The van der Waals surface area contributed by atoms with E-state index in [4.69, 9.17) is 20.4 Å². The number of primary amides is 1. The quantitative estimate of drug-likeness (QED) is 0.874. The van der Waals surface area contributed by atoms with Gasteiger partial charge in [-0.05, 0) is 6.07 Å². The van der Waals surface area contributed by atoms with Crippen LogP contribution in [0.15, 0.2) is 24.3 Å². The number of carbonyl (C=O) groups excluding carboxylic acids is 1. The van der Waals surface area contributed by atoms with E-state index in [-0.39, 0.29) is 12.3 Å². The van der Waals surface area contributed by atoms with Gasteiger partial charge in [0.1, 0.15) is 5.75 Å². The van der Waals surface area contributed by atoms with Crippen LogP contribution in [0.25, 0.3) is 0 Å². The molecule has 0 radical (unpaired) electrons. The number of methoxy groups -OCH3 is 1. The summed E-state index contributed by atoms with van der Waals surface area (Å²) in [6.45, 7) is 0. The minimum atomic E-state index is -5.08. The van der Waals surface area contributed by atoms with Crippen LogP contribution in [-0.2, 0) is 16.0 Å². The van der Waals surface area contributed by atoms with Crippen LogP contribution in [0.5, 0.6) is 5.75 Å². The molecule has 0 aliphatic heterocycles. The van der Waals surface area contributed by atoms with Gasteiger partial charge in [0.05, 0.1) is 13.5 Å². The molecule has 19 heavy (non-hydrogen) atoms. The van der Waals surface area contributed by atoms with Gasteiger partial charge in [-0.1, -0.05) is 18.2 Å². The van der Waals surface area contributed by atoms with E-state index in [2.05, 4.69) is 0 Å². The van der Waals surface area contributed by atoms with E-state index in [1.54, 1.807) is 13.2 Å². The van der Waals surface area contributed by atoms with Gasteiger partial charge < -0.3 is 15.6 Å². The Morgan fingerprint density at radius 2 is 1.79 bits per heavy atom. The summed E-state index contributed by atoms with van der Waals surface area (Å²) in [5, 5.41) is 7.12. The standard InChI is InChI=1S/C9H11NO2.C2HF3O2/c1-12-8-5-3-2-4-7(8)6-9(10)11;3-2(4,5)1(6)7/h2-5H,6H2,1H3,(H2,10,11);(H,6,7). The summed E-state index contributed by atoms with van der Waals surface area (Å²) in [5.74, 6) is -2.40. The smallest absolute Gasteiger partial charge is 0.490 e. The Morgan fingerprint density at radius 3 is 2.16 bits per heavy atom. The molecule has 1 aromatic rings. The number of halogens is 3. The van der Waals surface area contributed by atoms with Crippen molar-refractivity contribution in [2.75, 3.05) is 7.11 Å². The lowest BCUT2D eigenvalue weighted by atomic mass is 10.1. The van der Waals surface area contributed by atoms with Gasteiger partial charge in [0.25, 0.3) is 0 Å². The molecule has 0 bridgehead atoms. The summed E-state index contributed by atoms with van der Waals surface area (Å²) in [7, 11) is 1.57. The number of carbonyl (C=O) groups is 2. The van der Waals surface area contributed by atoms with Crippen LogP contribution in [0, 0.1) is 0 Å². The normalized spacial score (nSPS) is 10.1. The molecule has 0 saturated carbocycles. The van der Waals surface area contributed by atoms with Crippen molar-refractivity contribution in [1.82, 2.24) is 0 Å². The molecule has 0 aliphatic rings. The Morgan fingerprint density at radius 1 is 1.32 bits per heavy atom. The third kappa shape index (κ3) is 6.92. The highest BCUT2D eigenvalue weighted by atomic mass is 19.4. The summed E-state index contributed by atoms with van der Waals surface area (Å²) in [6.07, 6.45) is -4.86. The molecule has 0 saturated heterocycles. The molecule has 3 N–H and O–H groups in total. The lowest BCUT2D eigenvalue weighted by Crippen LogP contribution is -2.21. The zero-order valence-corrected chi connectivity index (χ0v) is 9.90. The van der Waals surface area contributed by atoms with E-state index < -0.39 is 12.1 Å². The van der Waals surface area contributed by atoms with Crippen LogP contribution < -0.4 is 10.5 Å². The van der Waals surface area contributed by atoms with Crippen molar-refractivity contribution < 1.29 is 32.6 Å². The van der Waals surface area contributed by atoms with E-state index in [0.29, 0.717) is 5.75 Å². The van der Waals surface area contributed by atoms with E-state index >= 15 is 0 Å².